The summed E-state index contributed by atoms with van der Waals surface area (Å²) in [4.78, 5) is 11.5. The van der Waals surface area contributed by atoms with Gasteiger partial charge < -0.3 is 10.1 Å². The van der Waals surface area contributed by atoms with E-state index in [1.807, 2.05) is 60.7 Å². The molecule has 0 aromatic heterocycles. The predicted octanol–water partition coefficient (Wildman–Crippen LogP) is 5.04. The Labute approximate surface area is 143 Å². The molecule has 22 heavy (non-hydrogen) atoms. The maximum absolute atomic E-state index is 11.5. The van der Waals surface area contributed by atoms with Crippen molar-refractivity contribution in [2.24, 2.45) is 0 Å². The number of ether oxygens (including phenoxy) is 1. The van der Waals surface area contributed by atoms with E-state index in [-0.39, 0.29) is 6.61 Å². The van der Waals surface area contributed by atoms with Gasteiger partial charge in [-0.3, -0.25) is 0 Å². The highest BCUT2D eigenvalue weighted by molar-refractivity contribution is 9.10. The van der Waals surface area contributed by atoms with Gasteiger partial charge >= 0.3 is 6.09 Å². The third kappa shape index (κ3) is 5.54. The number of carbonyl (C=O) groups excluding carboxylic acids is 1. The Morgan fingerprint density at radius 2 is 2.00 bits per heavy atom. The molecule has 1 amide bonds. The third-order valence-corrected chi connectivity index (χ3v) is 4.06. The molecule has 0 heterocycles. The first kappa shape index (κ1) is 16.6. The fraction of sp³-hybridized carbons (Fsp3) is 0.118. The second-order valence-electron chi connectivity index (χ2n) is 4.52. The maximum Gasteiger partial charge on any atom is 0.407 e. The minimum Gasteiger partial charge on any atom is -0.445 e. The molecule has 3 nitrogen and oxygen atoms in total. The molecule has 2 rings (SSSR count). The molecule has 0 fully saturated rings. The number of hydrogen-bond donors (Lipinski definition) is 1. The van der Waals surface area contributed by atoms with Crippen LogP contribution in [0.1, 0.15) is 11.1 Å². The van der Waals surface area contributed by atoms with E-state index in [2.05, 4.69) is 21.2 Å². The summed E-state index contributed by atoms with van der Waals surface area (Å²) in [5.74, 6) is 0. The van der Waals surface area contributed by atoms with Crippen molar-refractivity contribution in [2.45, 2.75) is 6.61 Å². The normalized spacial score (nSPS) is 10.6. The SMILES string of the molecule is O=C(NCC=Cc1ccc(Br)c(Cl)c1)OCc1ccccc1. The van der Waals surface area contributed by atoms with Crippen LogP contribution in [0.3, 0.4) is 0 Å². The van der Waals surface area contributed by atoms with Crippen molar-refractivity contribution >= 4 is 39.7 Å². The topological polar surface area (TPSA) is 38.3 Å². The Bertz CT molecular complexity index is 659. The van der Waals surface area contributed by atoms with Crippen molar-refractivity contribution in [3.8, 4) is 0 Å². The lowest BCUT2D eigenvalue weighted by atomic mass is 10.2. The van der Waals surface area contributed by atoms with Crippen LogP contribution < -0.4 is 5.32 Å². The highest BCUT2D eigenvalue weighted by Gasteiger charge is 2.00. The van der Waals surface area contributed by atoms with Gasteiger partial charge in [0, 0.05) is 11.0 Å². The molecule has 0 aliphatic carbocycles. The second-order valence-corrected chi connectivity index (χ2v) is 5.78. The number of halogens is 2. The van der Waals surface area contributed by atoms with Gasteiger partial charge in [0.2, 0.25) is 0 Å². The molecule has 5 heteroatoms. The molecule has 0 radical (unpaired) electrons. The van der Waals surface area contributed by atoms with E-state index in [0.717, 1.165) is 15.6 Å². The molecule has 2 aromatic carbocycles. The molecule has 0 unspecified atom stereocenters. The van der Waals surface area contributed by atoms with Crippen LogP contribution in [0.25, 0.3) is 6.08 Å². The smallest absolute Gasteiger partial charge is 0.407 e. The zero-order valence-electron chi connectivity index (χ0n) is 11.8. The van der Waals surface area contributed by atoms with Crippen molar-refractivity contribution in [2.75, 3.05) is 6.54 Å². The van der Waals surface area contributed by atoms with Crippen LogP contribution in [0.15, 0.2) is 59.1 Å². The van der Waals surface area contributed by atoms with Crippen molar-refractivity contribution < 1.29 is 9.53 Å². The first-order valence-electron chi connectivity index (χ1n) is 6.71. The van der Waals surface area contributed by atoms with Gasteiger partial charge in [0.1, 0.15) is 6.61 Å². The molecule has 1 N–H and O–H groups in total. The standard InChI is InChI=1S/C17H15BrClNO2/c18-15-9-8-13(11-16(15)19)7-4-10-20-17(21)22-12-14-5-2-1-3-6-14/h1-9,11H,10,12H2,(H,20,21). The highest BCUT2D eigenvalue weighted by Crippen LogP contribution is 2.23. The van der Waals surface area contributed by atoms with Gasteiger partial charge in [0.05, 0.1) is 5.02 Å². The average Bonchev–Trinajstić information content (AvgIpc) is 2.54. The van der Waals surface area contributed by atoms with E-state index in [4.69, 9.17) is 16.3 Å². The van der Waals surface area contributed by atoms with Gasteiger partial charge in [0.25, 0.3) is 0 Å². The number of hydrogen-bond acceptors (Lipinski definition) is 2. The summed E-state index contributed by atoms with van der Waals surface area (Å²) < 4.78 is 5.96. The van der Waals surface area contributed by atoms with Gasteiger partial charge in [-0.25, -0.2) is 4.79 Å². The van der Waals surface area contributed by atoms with Gasteiger partial charge in [-0.1, -0.05) is 60.2 Å². The molecular formula is C17H15BrClNO2. The minimum atomic E-state index is -0.442. The molecule has 0 aliphatic heterocycles. The van der Waals surface area contributed by atoms with E-state index >= 15 is 0 Å². The van der Waals surface area contributed by atoms with Crippen molar-refractivity contribution in [1.29, 1.82) is 0 Å². The summed E-state index contributed by atoms with van der Waals surface area (Å²) in [7, 11) is 0. The summed E-state index contributed by atoms with van der Waals surface area (Å²) in [5.41, 5.74) is 1.92. The van der Waals surface area contributed by atoms with Crippen LogP contribution in [-0.2, 0) is 11.3 Å². The van der Waals surface area contributed by atoms with E-state index in [1.54, 1.807) is 0 Å². The molecule has 0 atom stereocenters. The summed E-state index contributed by atoms with van der Waals surface area (Å²) in [6.07, 6.45) is 3.28. The first-order valence-corrected chi connectivity index (χ1v) is 7.88. The molecule has 2 aromatic rings. The van der Waals surface area contributed by atoms with Gasteiger partial charge in [-0.15, -0.1) is 0 Å². The zero-order chi connectivity index (χ0) is 15.8. The summed E-state index contributed by atoms with van der Waals surface area (Å²) in [6.45, 7) is 0.653. The molecule has 0 saturated carbocycles. The maximum atomic E-state index is 11.5. The Morgan fingerprint density at radius 1 is 1.23 bits per heavy atom. The van der Waals surface area contributed by atoms with Crippen molar-refractivity contribution in [3.63, 3.8) is 0 Å². The lowest BCUT2D eigenvalue weighted by molar-refractivity contribution is 0.141. The number of carbonyl (C=O) groups is 1. The van der Waals surface area contributed by atoms with E-state index in [9.17, 15) is 4.79 Å². The number of benzene rings is 2. The van der Waals surface area contributed by atoms with E-state index in [1.165, 1.54) is 0 Å². The van der Waals surface area contributed by atoms with Crippen LogP contribution in [-0.4, -0.2) is 12.6 Å². The zero-order valence-corrected chi connectivity index (χ0v) is 14.1. The molecule has 0 bridgehead atoms. The predicted molar refractivity (Wildman–Crippen MR) is 92.8 cm³/mol. The van der Waals surface area contributed by atoms with Gasteiger partial charge in [0.15, 0.2) is 0 Å². The quantitative estimate of drug-likeness (QED) is 0.789. The third-order valence-electron chi connectivity index (χ3n) is 2.83. The number of rotatable bonds is 5. The first-order chi connectivity index (χ1) is 10.6. The lowest BCUT2D eigenvalue weighted by Crippen LogP contribution is -2.24. The number of alkyl carbamates (subject to hydrolysis) is 1. The fourth-order valence-electron chi connectivity index (χ4n) is 1.73. The van der Waals surface area contributed by atoms with Crippen LogP contribution in [0.4, 0.5) is 4.79 Å². The average molecular weight is 381 g/mol. The Hall–Kier alpha value is -1.78. The Balaban J connectivity index is 1.72. The van der Waals surface area contributed by atoms with Crippen LogP contribution in [0.2, 0.25) is 5.02 Å². The molecule has 0 saturated heterocycles. The second kappa shape index (κ2) is 8.61. The monoisotopic (exact) mass is 379 g/mol. The lowest BCUT2D eigenvalue weighted by Gasteiger charge is -2.05. The summed E-state index contributed by atoms with van der Waals surface area (Å²) in [6, 6.07) is 15.2. The number of nitrogens with one attached hydrogen (secondary N) is 1. The summed E-state index contributed by atoms with van der Waals surface area (Å²) in [5, 5.41) is 3.31. The number of amides is 1. The fourth-order valence-corrected chi connectivity index (χ4v) is 2.16. The van der Waals surface area contributed by atoms with Crippen molar-refractivity contribution in [3.05, 3.63) is 75.2 Å². The van der Waals surface area contributed by atoms with Crippen molar-refractivity contribution in [1.82, 2.24) is 5.32 Å². The van der Waals surface area contributed by atoms with Crippen LogP contribution in [0, 0.1) is 0 Å². The molecule has 0 spiro atoms. The van der Waals surface area contributed by atoms with Gasteiger partial charge in [-0.2, -0.15) is 0 Å². The Morgan fingerprint density at radius 3 is 2.73 bits per heavy atom. The van der Waals surface area contributed by atoms with Crippen LogP contribution >= 0.6 is 27.5 Å². The minimum absolute atomic E-state index is 0.263. The molecular weight excluding hydrogens is 366 g/mol. The Kier molecular flexibility index (Phi) is 6.49. The van der Waals surface area contributed by atoms with E-state index < -0.39 is 6.09 Å². The summed E-state index contributed by atoms with van der Waals surface area (Å²) >= 11 is 9.34. The molecule has 0 aliphatic rings. The largest absolute Gasteiger partial charge is 0.445 e. The molecule has 114 valence electrons. The van der Waals surface area contributed by atoms with Gasteiger partial charge in [-0.05, 0) is 39.2 Å². The van der Waals surface area contributed by atoms with Crippen LogP contribution in [0.5, 0.6) is 0 Å². The highest BCUT2D eigenvalue weighted by atomic mass is 79.9. The van der Waals surface area contributed by atoms with E-state index in [0.29, 0.717) is 11.6 Å².